The van der Waals surface area contributed by atoms with Crippen LogP contribution in [0.4, 0.5) is 0 Å². The van der Waals surface area contributed by atoms with Crippen LogP contribution < -0.4 is 14.2 Å². The maximum Gasteiger partial charge on any atom is 0.309 e. The van der Waals surface area contributed by atoms with Crippen LogP contribution in [0.2, 0.25) is 0 Å². The maximum atomic E-state index is 12.5. The zero-order valence-corrected chi connectivity index (χ0v) is 17.5. The molecule has 0 aromatic heterocycles. The largest absolute Gasteiger partial charge is 0.497 e. The Kier molecular flexibility index (Phi) is 5.95. The minimum absolute atomic E-state index is 0.0588. The summed E-state index contributed by atoms with van der Waals surface area (Å²) in [6.07, 6.45) is 3.22. The van der Waals surface area contributed by atoms with Crippen LogP contribution in [0, 0.1) is 5.92 Å². The quantitative estimate of drug-likeness (QED) is 0.683. The summed E-state index contributed by atoms with van der Waals surface area (Å²) in [6, 6.07) is 12.5. The number of aliphatic carboxylic acids is 1. The number of hydrogen-bond donors (Lipinski definition) is 1. The van der Waals surface area contributed by atoms with Crippen LogP contribution in [0.25, 0.3) is 0 Å². The van der Waals surface area contributed by atoms with Crippen molar-refractivity contribution in [1.82, 2.24) is 4.90 Å². The Bertz CT molecular complexity index is 1000. The first-order chi connectivity index (χ1) is 15.0. The number of benzene rings is 2. The highest BCUT2D eigenvalue weighted by Crippen LogP contribution is 2.47. The van der Waals surface area contributed by atoms with Gasteiger partial charge in [0.05, 0.1) is 19.6 Å². The molecule has 2 aromatic rings. The number of methoxy groups -OCH3 is 1. The fourth-order valence-electron chi connectivity index (χ4n) is 4.51. The molecular formula is C24H25NO6. The predicted molar refractivity (Wildman–Crippen MR) is 114 cm³/mol. The summed E-state index contributed by atoms with van der Waals surface area (Å²) in [6.45, 7) is 2.53. The van der Waals surface area contributed by atoms with E-state index in [9.17, 15) is 14.7 Å². The molecule has 31 heavy (non-hydrogen) atoms. The molecule has 0 spiro atoms. The second-order valence-electron chi connectivity index (χ2n) is 7.70. The van der Waals surface area contributed by atoms with Gasteiger partial charge in [-0.1, -0.05) is 24.3 Å². The minimum Gasteiger partial charge on any atom is -0.497 e. The summed E-state index contributed by atoms with van der Waals surface area (Å²) in [5, 5.41) is 10.2. The number of likely N-dealkylation sites (tertiary alicyclic amines) is 1. The zero-order valence-electron chi connectivity index (χ0n) is 17.5. The van der Waals surface area contributed by atoms with Crippen LogP contribution in [-0.4, -0.2) is 48.8 Å². The summed E-state index contributed by atoms with van der Waals surface area (Å²) < 4.78 is 16.1. The van der Waals surface area contributed by atoms with Gasteiger partial charge < -0.3 is 19.3 Å². The van der Waals surface area contributed by atoms with Gasteiger partial charge in [0.1, 0.15) is 5.75 Å². The highest BCUT2D eigenvalue weighted by atomic mass is 16.7. The van der Waals surface area contributed by atoms with E-state index in [1.54, 1.807) is 20.1 Å². The van der Waals surface area contributed by atoms with Crippen molar-refractivity contribution in [3.05, 3.63) is 65.7 Å². The van der Waals surface area contributed by atoms with Crippen molar-refractivity contribution in [1.29, 1.82) is 0 Å². The molecule has 0 saturated carbocycles. The number of carbonyl (C=O) groups is 2. The smallest absolute Gasteiger partial charge is 0.309 e. The molecule has 2 aliphatic rings. The maximum absolute atomic E-state index is 12.5. The molecular weight excluding hydrogens is 398 g/mol. The van der Waals surface area contributed by atoms with Crippen LogP contribution in [0.5, 0.6) is 17.2 Å². The molecule has 3 atom stereocenters. The second-order valence-corrected chi connectivity index (χ2v) is 7.70. The van der Waals surface area contributed by atoms with Crippen LogP contribution >= 0.6 is 0 Å². The van der Waals surface area contributed by atoms with Crippen molar-refractivity contribution in [3.63, 3.8) is 0 Å². The van der Waals surface area contributed by atoms with Gasteiger partial charge in [0.15, 0.2) is 17.3 Å². The van der Waals surface area contributed by atoms with Crippen molar-refractivity contribution in [3.8, 4) is 17.2 Å². The third kappa shape index (κ3) is 4.14. The first-order valence-corrected chi connectivity index (χ1v) is 10.2. The van der Waals surface area contributed by atoms with Gasteiger partial charge in [-0.25, -0.2) is 0 Å². The highest BCUT2D eigenvalue weighted by Gasteiger charge is 2.47. The number of rotatable bonds is 7. The molecule has 162 valence electrons. The van der Waals surface area contributed by atoms with Crippen LogP contribution in [0.15, 0.2) is 54.6 Å². The molecule has 2 aromatic carbocycles. The summed E-state index contributed by atoms with van der Waals surface area (Å²) in [4.78, 5) is 26.9. The van der Waals surface area contributed by atoms with E-state index < -0.39 is 17.9 Å². The van der Waals surface area contributed by atoms with Crippen LogP contribution in [0.1, 0.15) is 30.0 Å². The van der Waals surface area contributed by atoms with Crippen LogP contribution in [-0.2, 0) is 9.59 Å². The summed E-state index contributed by atoms with van der Waals surface area (Å²) in [5.74, 6) is -0.0327. The molecule has 0 radical (unpaired) electrons. The van der Waals surface area contributed by atoms with Gasteiger partial charge in [0.2, 0.25) is 6.79 Å². The molecule has 0 bridgehead atoms. The SMILES string of the molecule is CC=CC(=O)CN1C[C@H](c2ccc3c(c2)OCO3)[C@H](C(=O)O)[C@H]1c1ccc(OC)cc1. The van der Waals surface area contributed by atoms with E-state index in [-0.39, 0.29) is 25.0 Å². The monoisotopic (exact) mass is 423 g/mol. The highest BCUT2D eigenvalue weighted by molar-refractivity contribution is 5.91. The number of fused-ring (bicyclic) bond motifs is 1. The Morgan fingerprint density at radius 3 is 2.52 bits per heavy atom. The third-order valence-electron chi connectivity index (χ3n) is 5.88. The van der Waals surface area contributed by atoms with Crippen molar-refractivity contribution >= 4 is 11.8 Å². The minimum atomic E-state index is -0.899. The summed E-state index contributed by atoms with van der Waals surface area (Å²) in [5.41, 5.74) is 1.70. The van der Waals surface area contributed by atoms with E-state index in [1.807, 2.05) is 47.4 Å². The van der Waals surface area contributed by atoms with E-state index in [2.05, 4.69) is 0 Å². The van der Waals surface area contributed by atoms with E-state index in [1.165, 1.54) is 6.08 Å². The Hall–Kier alpha value is -3.32. The fraction of sp³-hybridized carbons (Fsp3) is 0.333. The molecule has 7 heteroatoms. The fourth-order valence-corrected chi connectivity index (χ4v) is 4.51. The van der Waals surface area contributed by atoms with Gasteiger partial charge >= 0.3 is 5.97 Å². The lowest BCUT2D eigenvalue weighted by molar-refractivity contribution is -0.143. The lowest BCUT2D eigenvalue weighted by atomic mass is 9.82. The third-order valence-corrected chi connectivity index (χ3v) is 5.88. The number of carboxylic acid groups (broad SMARTS) is 1. The number of allylic oxidation sites excluding steroid dienone is 1. The number of ketones is 1. The van der Waals surface area contributed by atoms with E-state index >= 15 is 0 Å². The first-order valence-electron chi connectivity index (χ1n) is 10.2. The average molecular weight is 423 g/mol. The molecule has 4 rings (SSSR count). The Morgan fingerprint density at radius 2 is 1.84 bits per heavy atom. The van der Waals surface area contributed by atoms with Gasteiger partial charge in [-0.15, -0.1) is 0 Å². The van der Waals surface area contributed by atoms with Crippen molar-refractivity contribution in [2.75, 3.05) is 27.0 Å². The number of hydrogen-bond acceptors (Lipinski definition) is 6. The van der Waals surface area contributed by atoms with Crippen molar-refractivity contribution in [2.45, 2.75) is 18.9 Å². The van der Waals surface area contributed by atoms with E-state index in [0.717, 1.165) is 11.1 Å². The molecule has 1 saturated heterocycles. The van der Waals surface area contributed by atoms with E-state index in [4.69, 9.17) is 14.2 Å². The molecule has 0 unspecified atom stereocenters. The summed E-state index contributed by atoms with van der Waals surface area (Å²) >= 11 is 0. The molecule has 0 aliphatic carbocycles. The Morgan fingerprint density at radius 1 is 1.13 bits per heavy atom. The Labute approximate surface area is 180 Å². The molecule has 1 N–H and O–H groups in total. The summed E-state index contributed by atoms with van der Waals surface area (Å²) in [7, 11) is 1.59. The van der Waals surface area contributed by atoms with Crippen LogP contribution in [0.3, 0.4) is 0 Å². The molecule has 7 nitrogen and oxygen atoms in total. The molecule has 1 fully saturated rings. The van der Waals surface area contributed by atoms with Gasteiger partial charge in [-0.05, 0) is 48.4 Å². The molecule has 0 amide bonds. The lowest BCUT2D eigenvalue weighted by Crippen LogP contribution is -2.32. The Balaban J connectivity index is 1.73. The van der Waals surface area contributed by atoms with Gasteiger partial charge in [-0.2, -0.15) is 0 Å². The zero-order chi connectivity index (χ0) is 22.0. The van der Waals surface area contributed by atoms with Crippen molar-refractivity contribution < 1.29 is 28.9 Å². The number of ether oxygens (including phenoxy) is 3. The predicted octanol–water partition coefficient (Wildman–Crippen LogP) is 3.41. The second kappa shape index (κ2) is 8.81. The number of carbonyl (C=O) groups excluding carboxylic acids is 1. The van der Waals surface area contributed by atoms with Gasteiger partial charge in [-0.3, -0.25) is 14.5 Å². The molecule has 2 heterocycles. The van der Waals surface area contributed by atoms with Gasteiger partial charge in [0, 0.05) is 18.5 Å². The first kappa shape index (κ1) is 20.9. The lowest BCUT2D eigenvalue weighted by Gasteiger charge is -2.26. The van der Waals surface area contributed by atoms with Crippen molar-refractivity contribution in [2.24, 2.45) is 5.92 Å². The number of carboxylic acids is 1. The van der Waals surface area contributed by atoms with E-state index in [0.29, 0.717) is 23.8 Å². The van der Waals surface area contributed by atoms with Gasteiger partial charge in [0.25, 0.3) is 0 Å². The topological polar surface area (TPSA) is 85.3 Å². The molecule has 2 aliphatic heterocycles. The standard InChI is InChI=1S/C24H25NO6/c1-3-4-17(26)12-25-13-19(16-7-10-20-21(11-16)31-14-30-20)22(24(27)28)23(25)15-5-8-18(29-2)9-6-15/h3-11,19,22-23H,12-14H2,1-2H3,(H,27,28)/t19-,22+,23-/m1/s1. The average Bonchev–Trinajstić information content (AvgIpc) is 3.38. The normalized spacial score (nSPS) is 22.7. The number of nitrogens with zero attached hydrogens (tertiary/aromatic N) is 1.